The van der Waals surface area contributed by atoms with Gasteiger partial charge in [0.25, 0.3) is 5.91 Å². The zero-order valence-corrected chi connectivity index (χ0v) is 24.0. The largest absolute Gasteiger partial charge is 0.461 e. The van der Waals surface area contributed by atoms with Gasteiger partial charge < -0.3 is 14.5 Å². The average molecular weight is 604 g/mol. The SMILES string of the molecule is Cc1c(C(=O)N(C)C)nn2c1CN(c1nc(OC[C@@]34CCCN3C[C@H](F)C4)nc3c(F)c(Br)ccc13)CCC2. The fraction of sp³-hybridized carbons (Fsp3) is 0.556. The molecular formula is C27H32BrF2N7O2. The number of alkyl halides is 1. The molecule has 39 heavy (non-hydrogen) atoms. The first-order valence-electron chi connectivity index (χ1n) is 13.4. The third kappa shape index (κ3) is 4.55. The van der Waals surface area contributed by atoms with Gasteiger partial charge in [0.15, 0.2) is 11.5 Å². The highest BCUT2D eigenvalue weighted by atomic mass is 79.9. The Bertz CT molecular complexity index is 1450. The Morgan fingerprint density at radius 1 is 1.23 bits per heavy atom. The Morgan fingerprint density at radius 3 is 2.85 bits per heavy atom. The van der Waals surface area contributed by atoms with E-state index in [0.717, 1.165) is 37.1 Å². The molecule has 3 aromatic rings. The van der Waals surface area contributed by atoms with Gasteiger partial charge in [0, 0.05) is 51.1 Å². The molecule has 0 radical (unpaired) electrons. The minimum absolute atomic E-state index is 0.0796. The predicted octanol–water partition coefficient (Wildman–Crippen LogP) is 4.10. The highest BCUT2D eigenvalue weighted by Crippen LogP contribution is 2.41. The number of hydrogen-bond acceptors (Lipinski definition) is 7. The van der Waals surface area contributed by atoms with Crippen LogP contribution in [0.2, 0.25) is 0 Å². The molecule has 1 amide bonds. The summed E-state index contributed by atoms with van der Waals surface area (Å²) in [5, 5.41) is 5.19. The standard InChI is InChI=1S/C27H32BrF2N7O2/c1-16-20-14-35(9-5-11-37(20)33-22(16)25(38)34(2)3)24-18-6-7-19(28)21(30)23(18)31-26(32-24)39-15-27-8-4-10-36(27)13-17(29)12-27/h6-7,17H,4-5,8-15H2,1-3H3/t17-,27+/m1/s1. The second-order valence-electron chi connectivity index (χ2n) is 11.1. The minimum atomic E-state index is -0.871. The number of ether oxygens (including phenoxy) is 1. The maximum Gasteiger partial charge on any atom is 0.319 e. The van der Waals surface area contributed by atoms with E-state index >= 15 is 4.39 Å². The third-order valence-electron chi connectivity index (χ3n) is 8.32. The molecule has 9 nitrogen and oxygen atoms in total. The van der Waals surface area contributed by atoms with Crippen molar-refractivity contribution in [1.82, 2.24) is 29.5 Å². The van der Waals surface area contributed by atoms with Gasteiger partial charge in [-0.15, -0.1) is 0 Å². The summed E-state index contributed by atoms with van der Waals surface area (Å²) in [5.74, 6) is -0.0646. The molecule has 2 atom stereocenters. The molecule has 0 saturated carbocycles. The van der Waals surface area contributed by atoms with Crippen LogP contribution in [0.4, 0.5) is 14.6 Å². The Hall–Kier alpha value is -2.86. The Kier molecular flexibility index (Phi) is 6.73. The zero-order chi connectivity index (χ0) is 27.5. The first-order chi connectivity index (χ1) is 18.7. The fourth-order valence-electron chi connectivity index (χ4n) is 6.29. The topological polar surface area (TPSA) is 79.6 Å². The van der Waals surface area contributed by atoms with Gasteiger partial charge in [-0.3, -0.25) is 14.4 Å². The third-order valence-corrected chi connectivity index (χ3v) is 8.93. The number of hydrogen-bond donors (Lipinski definition) is 0. The van der Waals surface area contributed by atoms with E-state index in [1.165, 1.54) is 4.90 Å². The van der Waals surface area contributed by atoms with Crippen LogP contribution >= 0.6 is 15.9 Å². The number of rotatable bonds is 5. The van der Waals surface area contributed by atoms with Gasteiger partial charge in [-0.05, 0) is 60.8 Å². The molecule has 208 valence electrons. The Balaban J connectivity index is 1.37. The summed E-state index contributed by atoms with van der Waals surface area (Å²) in [6.07, 6.45) is 2.18. The van der Waals surface area contributed by atoms with Crippen molar-refractivity contribution in [3.63, 3.8) is 0 Å². The summed E-state index contributed by atoms with van der Waals surface area (Å²) in [6, 6.07) is 3.54. The average Bonchev–Trinajstić information content (AvgIpc) is 3.47. The van der Waals surface area contributed by atoms with Crippen LogP contribution in [0.1, 0.15) is 47.4 Å². The van der Waals surface area contributed by atoms with E-state index < -0.39 is 12.0 Å². The number of anilines is 1. The lowest BCUT2D eigenvalue weighted by Gasteiger charge is -2.31. The number of carbonyl (C=O) groups is 1. The van der Waals surface area contributed by atoms with Crippen LogP contribution in [0.5, 0.6) is 6.01 Å². The van der Waals surface area contributed by atoms with E-state index in [1.54, 1.807) is 26.2 Å². The first-order valence-corrected chi connectivity index (χ1v) is 14.2. The van der Waals surface area contributed by atoms with Crippen LogP contribution in [-0.2, 0) is 13.1 Å². The number of amides is 1. The molecule has 0 unspecified atom stereocenters. The summed E-state index contributed by atoms with van der Waals surface area (Å²) in [4.78, 5) is 27.7. The Labute approximate surface area is 234 Å². The van der Waals surface area contributed by atoms with Crippen molar-refractivity contribution in [1.29, 1.82) is 0 Å². The lowest BCUT2D eigenvalue weighted by atomic mass is 9.95. The summed E-state index contributed by atoms with van der Waals surface area (Å²) in [5.41, 5.74) is 1.98. The van der Waals surface area contributed by atoms with Crippen molar-refractivity contribution in [2.24, 2.45) is 0 Å². The van der Waals surface area contributed by atoms with Gasteiger partial charge in [0.1, 0.15) is 24.1 Å². The van der Waals surface area contributed by atoms with Crippen LogP contribution < -0.4 is 9.64 Å². The summed E-state index contributed by atoms with van der Waals surface area (Å²) < 4.78 is 38.0. The van der Waals surface area contributed by atoms with Gasteiger partial charge in [0.2, 0.25) is 0 Å². The van der Waals surface area contributed by atoms with E-state index in [4.69, 9.17) is 9.72 Å². The smallest absolute Gasteiger partial charge is 0.319 e. The van der Waals surface area contributed by atoms with Gasteiger partial charge in [-0.2, -0.15) is 15.1 Å². The van der Waals surface area contributed by atoms with Crippen LogP contribution in [0.3, 0.4) is 0 Å². The van der Waals surface area contributed by atoms with Crippen molar-refractivity contribution < 1.29 is 18.3 Å². The molecule has 2 saturated heterocycles. The van der Waals surface area contributed by atoms with E-state index in [-0.39, 0.29) is 29.6 Å². The number of benzene rings is 1. The molecule has 0 bridgehead atoms. The number of halogens is 3. The second-order valence-corrected chi connectivity index (χ2v) is 11.9. The van der Waals surface area contributed by atoms with Crippen LogP contribution in [0, 0.1) is 12.7 Å². The first kappa shape index (κ1) is 26.4. The quantitative estimate of drug-likeness (QED) is 0.434. The predicted molar refractivity (Wildman–Crippen MR) is 146 cm³/mol. The number of aromatic nitrogens is 4. The Morgan fingerprint density at radius 2 is 2.05 bits per heavy atom. The van der Waals surface area contributed by atoms with Gasteiger partial charge in [0.05, 0.1) is 22.3 Å². The summed E-state index contributed by atoms with van der Waals surface area (Å²) in [6.45, 7) is 5.21. The number of nitrogens with zero attached hydrogens (tertiary/aromatic N) is 7. The van der Waals surface area contributed by atoms with Gasteiger partial charge in [-0.25, -0.2) is 8.78 Å². The molecule has 0 aliphatic carbocycles. The van der Waals surface area contributed by atoms with Gasteiger partial charge >= 0.3 is 6.01 Å². The van der Waals surface area contributed by atoms with Crippen LogP contribution in [0.15, 0.2) is 16.6 Å². The van der Waals surface area contributed by atoms with E-state index in [9.17, 15) is 9.18 Å². The molecule has 5 heterocycles. The normalized spacial score (nSPS) is 23.1. The molecule has 0 N–H and O–H groups in total. The summed E-state index contributed by atoms with van der Waals surface area (Å²) in [7, 11) is 3.42. The molecule has 0 spiro atoms. The highest BCUT2D eigenvalue weighted by Gasteiger charge is 2.49. The van der Waals surface area contributed by atoms with Crippen molar-refractivity contribution in [2.45, 2.75) is 57.4 Å². The molecule has 2 fully saturated rings. The fourth-order valence-corrected chi connectivity index (χ4v) is 6.61. The molecule has 12 heteroatoms. The van der Waals surface area contributed by atoms with Crippen LogP contribution in [-0.4, -0.2) is 87.5 Å². The molecule has 3 aliphatic heterocycles. The van der Waals surface area contributed by atoms with Crippen molar-refractivity contribution in [2.75, 3.05) is 45.2 Å². The maximum absolute atomic E-state index is 15.4. The monoisotopic (exact) mass is 603 g/mol. The lowest BCUT2D eigenvalue weighted by Crippen LogP contribution is -2.43. The number of fused-ring (bicyclic) bond motifs is 3. The van der Waals surface area contributed by atoms with E-state index in [1.807, 2.05) is 11.6 Å². The maximum atomic E-state index is 15.4. The second kappa shape index (κ2) is 9.96. The van der Waals surface area contributed by atoms with E-state index in [2.05, 4.69) is 35.8 Å². The van der Waals surface area contributed by atoms with Gasteiger partial charge in [-0.1, -0.05) is 0 Å². The van der Waals surface area contributed by atoms with Crippen molar-refractivity contribution in [3.05, 3.63) is 39.4 Å². The highest BCUT2D eigenvalue weighted by molar-refractivity contribution is 9.10. The lowest BCUT2D eigenvalue weighted by molar-refractivity contribution is 0.0820. The summed E-state index contributed by atoms with van der Waals surface area (Å²) >= 11 is 3.28. The van der Waals surface area contributed by atoms with Crippen molar-refractivity contribution in [3.8, 4) is 6.01 Å². The molecule has 3 aliphatic rings. The number of aryl methyl sites for hydroxylation is 1. The molecular weight excluding hydrogens is 572 g/mol. The van der Waals surface area contributed by atoms with Crippen LogP contribution in [0.25, 0.3) is 10.9 Å². The van der Waals surface area contributed by atoms with E-state index in [0.29, 0.717) is 54.0 Å². The molecule has 1 aromatic carbocycles. The molecule has 6 rings (SSSR count). The number of carbonyl (C=O) groups excluding carboxylic acids is 1. The molecule has 2 aromatic heterocycles. The minimum Gasteiger partial charge on any atom is -0.461 e. The zero-order valence-electron chi connectivity index (χ0n) is 22.4. The van der Waals surface area contributed by atoms with Crippen molar-refractivity contribution >= 4 is 38.6 Å².